The molecule has 0 spiro atoms. The van der Waals surface area contributed by atoms with Gasteiger partial charge in [0.05, 0.1) is 11.2 Å². The predicted molar refractivity (Wildman–Crippen MR) is 156 cm³/mol. The molecule has 2 nitrogen and oxygen atoms in total. The van der Waals surface area contributed by atoms with Crippen molar-refractivity contribution in [3.63, 3.8) is 0 Å². The smallest absolute Gasteiger partial charge is 0.264 e. The maximum absolute atomic E-state index is 2.51. The van der Waals surface area contributed by atoms with Gasteiger partial charge in [-0.2, -0.15) is 0 Å². The number of hydrogen-bond donors (Lipinski definition) is 0. The second kappa shape index (κ2) is 6.69. The Bertz CT molecular complexity index is 2020. The molecule has 0 bridgehead atoms. The molecule has 0 atom stereocenters. The summed E-state index contributed by atoms with van der Waals surface area (Å²) in [7, 11) is 0. The third-order valence-electron chi connectivity index (χ3n) is 7.96. The van der Waals surface area contributed by atoms with Gasteiger partial charge in [0, 0.05) is 48.2 Å². The first kappa shape index (κ1) is 19.0. The molecule has 5 aromatic carbocycles. The fraction of sp³-hybridized carbons (Fsp3) is 0. The summed E-state index contributed by atoms with van der Waals surface area (Å²) in [6.45, 7) is 0.212. The van der Waals surface area contributed by atoms with E-state index < -0.39 is 0 Å². The quantitative estimate of drug-likeness (QED) is 0.243. The Morgan fingerprint density at radius 1 is 0.583 bits per heavy atom. The van der Waals surface area contributed by atoms with Gasteiger partial charge in [0.1, 0.15) is 0 Å². The minimum absolute atomic E-state index is 0.212. The van der Waals surface area contributed by atoms with E-state index in [9.17, 15) is 0 Å². The van der Waals surface area contributed by atoms with Crippen LogP contribution in [-0.2, 0) is 0 Å². The lowest BCUT2D eigenvalue weighted by atomic mass is 9.36. The van der Waals surface area contributed by atoms with Gasteiger partial charge in [0.2, 0.25) is 0 Å². The first-order valence-electron chi connectivity index (χ1n) is 12.4. The molecule has 0 N–H and O–H groups in total. The van der Waals surface area contributed by atoms with E-state index >= 15 is 0 Å². The Morgan fingerprint density at radius 3 is 2.22 bits per heavy atom. The van der Waals surface area contributed by atoms with Crippen LogP contribution in [0.15, 0.2) is 115 Å². The maximum Gasteiger partial charge on any atom is 0.264 e. The number of benzene rings is 5. The van der Waals surface area contributed by atoms with Crippen LogP contribution in [0.25, 0.3) is 37.6 Å². The average Bonchev–Trinajstić information content (AvgIpc) is 3.49. The third kappa shape index (κ3) is 2.19. The van der Waals surface area contributed by atoms with Crippen molar-refractivity contribution in [3.05, 3.63) is 115 Å². The second-order valence-electron chi connectivity index (χ2n) is 9.72. The van der Waals surface area contributed by atoms with E-state index in [0.29, 0.717) is 0 Å². The van der Waals surface area contributed by atoms with Crippen LogP contribution in [0.4, 0.5) is 17.1 Å². The molecule has 2 aliphatic heterocycles. The van der Waals surface area contributed by atoms with E-state index in [2.05, 4.69) is 125 Å². The molecule has 2 aromatic heterocycles. The summed E-state index contributed by atoms with van der Waals surface area (Å²) in [4.78, 5) is 2.50. The molecule has 0 aliphatic carbocycles. The number of aromatic nitrogens is 1. The number of rotatable bonds is 1. The van der Waals surface area contributed by atoms with Gasteiger partial charge in [-0.05, 0) is 47.3 Å². The van der Waals surface area contributed by atoms with Crippen molar-refractivity contribution in [2.45, 2.75) is 0 Å². The fourth-order valence-corrected chi connectivity index (χ4v) is 7.94. The Labute approximate surface area is 212 Å². The molecule has 0 radical (unpaired) electrons. The number of nitrogens with zero attached hydrogens (tertiary/aromatic N) is 2. The van der Waals surface area contributed by atoms with Gasteiger partial charge in [-0.3, -0.25) is 0 Å². The molecule has 0 saturated carbocycles. The summed E-state index contributed by atoms with van der Waals surface area (Å²) >= 11 is 1.95. The zero-order valence-electron chi connectivity index (χ0n) is 19.3. The van der Waals surface area contributed by atoms with Crippen molar-refractivity contribution in [1.29, 1.82) is 0 Å². The van der Waals surface area contributed by atoms with Crippen LogP contribution in [0.3, 0.4) is 0 Å². The van der Waals surface area contributed by atoms with Crippen LogP contribution >= 0.6 is 11.3 Å². The normalized spacial score (nSPS) is 13.4. The highest BCUT2D eigenvalue weighted by atomic mass is 32.1. The largest absolute Gasteiger partial charge is 0.310 e. The van der Waals surface area contributed by atoms with Gasteiger partial charge in [0.25, 0.3) is 6.71 Å². The summed E-state index contributed by atoms with van der Waals surface area (Å²) in [5, 5.41) is 3.99. The van der Waals surface area contributed by atoms with Gasteiger partial charge in [-0.1, -0.05) is 78.9 Å². The van der Waals surface area contributed by atoms with Crippen molar-refractivity contribution in [1.82, 2.24) is 4.57 Å². The third-order valence-corrected chi connectivity index (χ3v) is 9.19. The minimum Gasteiger partial charge on any atom is -0.310 e. The van der Waals surface area contributed by atoms with Crippen molar-refractivity contribution in [2.24, 2.45) is 0 Å². The maximum atomic E-state index is 2.51. The topological polar surface area (TPSA) is 8.17 Å². The highest BCUT2D eigenvalue weighted by molar-refractivity contribution is 7.33. The summed E-state index contributed by atoms with van der Waals surface area (Å²) in [6, 6.07) is 42.3. The van der Waals surface area contributed by atoms with Crippen LogP contribution < -0.4 is 20.6 Å². The molecule has 4 heteroatoms. The van der Waals surface area contributed by atoms with Crippen LogP contribution in [-0.4, -0.2) is 11.3 Å². The molecule has 0 saturated heterocycles. The van der Waals surface area contributed by atoms with E-state index in [0.717, 1.165) is 0 Å². The Morgan fingerprint density at radius 2 is 1.31 bits per heavy atom. The van der Waals surface area contributed by atoms with Crippen LogP contribution in [0, 0.1) is 0 Å². The lowest BCUT2D eigenvalue weighted by Crippen LogP contribution is -2.59. The summed E-state index contributed by atoms with van der Waals surface area (Å²) in [5.74, 6) is 0. The highest BCUT2D eigenvalue weighted by Crippen LogP contribution is 2.45. The standard InChI is InChI=1S/C32H19BN2S/c1-2-10-20(11-3-1)34-26-17-9-18-27-29(26)33(32-31(34)23-13-5-7-19-28(23)36-32)24-15-8-14-22-21-12-4-6-16-25(21)35(27)30(22)24/h1-19H. The fourth-order valence-electron chi connectivity index (χ4n) is 6.63. The van der Waals surface area contributed by atoms with Crippen molar-refractivity contribution in [2.75, 3.05) is 4.90 Å². The molecular weight excluding hydrogens is 455 g/mol. The van der Waals surface area contributed by atoms with E-state index in [1.165, 1.54) is 70.3 Å². The van der Waals surface area contributed by atoms with Crippen molar-refractivity contribution in [3.8, 4) is 5.69 Å². The van der Waals surface area contributed by atoms with Gasteiger partial charge in [-0.25, -0.2) is 0 Å². The summed E-state index contributed by atoms with van der Waals surface area (Å²) < 4.78 is 5.29. The predicted octanol–water partition coefficient (Wildman–Crippen LogP) is 6.61. The molecule has 0 amide bonds. The van der Waals surface area contributed by atoms with Crippen molar-refractivity contribution >= 4 is 82.7 Å². The van der Waals surface area contributed by atoms with E-state index in [1.807, 2.05) is 11.3 Å². The first-order valence-corrected chi connectivity index (χ1v) is 13.2. The number of para-hydroxylation sites is 3. The summed E-state index contributed by atoms with van der Waals surface area (Å²) in [5.41, 5.74) is 10.6. The molecule has 4 heterocycles. The van der Waals surface area contributed by atoms with Gasteiger partial charge >= 0.3 is 0 Å². The average molecular weight is 474 g/mol. The zero-order valence-corrected chi connectivity index (χ0v) is 20.2. The zero-order chi connectivity index (χ0) is 23.4. The van der Waals surface area contributed by atoms with Crippen molar-refractivity contribution < 1.29 is 0 Å². The Hall–Kier alpha value is -4.28. The Balaban J connectivity index is 1.51. The first-order chi connectivity index (χ1) is 17.9. The van der Waals surface area contributed by atoms with Gasteiger partial charge in [-0.15, -0.1) is 11.3 Å². The van der Waals surface area contributed by atoms with E-state index in [4.69, 9.17) is 0 Å². The molecule has 9 rings (SSSR count). The van der Waals surface area contributed by atoms with Crippen LogP contribution in [0.1, 0.15) is 0 Å². The molecule has 36 heavy (non-hydrogen) atoms. The molecule has 7 aromatic rings. The van der Waals surface area contributed by atoms with Gasteiger partial charge in [0.15, 0.2) is 0 Å². The number of thiophene rings is 1. The lowest BCUT2D eigenvalue weighted by Gasteiger charge is -2.38. The SMILES string of the molecule is c1ccc(N2c3cccc4c3B(c3sc5ccccc5c32)c2cccc3c5ccccc5n-4c23)cc1. The number of fused-ring (bicyclic) bond motifs is 9. The van der Waals surface area contributed by atoms with Crippen LogP contribution in [0.2, 0.25) is 0 Å². The highest BCUT2D eigenvalue weighted by Gasteiger charge is 2.43. The molecule has 0 fully saturated rings. The lowest BCUT2D eigenvalue weighted by molar-refractivity contribution is 1.18. The van der Waals surface area contributed by atoms with Gasteiger partial charge < -0.3 is 9.47 Å². The van der Waals surface area contributed by atoms with E-state index in [-0.39, 0.29) is 6.71 Å². The molecule has 0 unspecified atom stereocenters. The number of anilines is 3. The monoisotopic (exact) mass is 474 g/mol. The minimum atomic E-state index is 0.212. The summed E-state index contributed by atoms with van der Waals surface area (Å²) in [6.07, 6.45) is 0. The molecule has 166 valence electrons. The second-order valence-corrected chi connectivity index (χ2v) is 10.8. The van der Waals surface area contributed by atoms with E-state index in [1.54, 1.807) is 0 Å². The Kier molecular flexibility index (Phi) is 3.52. The van der Waals surface area contributed by atoms with Crippen LogP contribution in [0.5, 0.6) is 0 Å². The molecule has 2 aliphatic rings. The number of hydrogen-bond acceptors (Lipinski definition) is 2. The molecular formula is C32H19BN2S.